The van der Waals surface area contributed by atoms with Crippen molar-refractivity contribution >= 4 is 5.91 Å². The van der Waals surface area contributed by atoms with Gasteiger partial charge < -0.3 is 10.6 Å². The summed E-state index contributed by atoms with van der Waals surface area (Å²) < 4.78 is 0. The zero-order chi connectivity index (χ0) is 11.6. The molecule has 0 fully saturated rings. The third-order valence-corrected chi connectivity index (χ3v) is 2.05. The van der Waals surface area contributed by atoms with Crippen LogP contribution in [0.4, 0.5) is 0 Å². The van der Waals surface area contributed by atoms with Crippen molar-refractivity contribution in [2.24, 2.45) is 0 Å². The Morgan fingerprint density at radius 2 is 2.31 bits per heavy atom. The Labute approximate surface area is 95.7 Å². The Kier molecular flexibility index (Phi) is 6.10. The molecule has 5 heteroatoms. The number of aromatic nitrogens is 2. The van der Waals surface area contributed by atoms with Gasteiger partial charge >= 0.3 is 0 Å². The second kappa shape index (κ2) is 7.76. The lowest BCUT2D eigenvalue weighted by Gasteiger charge is -2.04. The number of nitrogens with one attached hydrogen (secondary N) is 2. The first-order valence-electron chi connectivity index (χ1n) is 5.55. The van der Waals surface area contributed by atoms with Gasteiger partial charge in [-0.15, -0.1) is 0 Å². The maximum absolute atomic E-state index is 11.2. The third-order valence-electron chi connectivity index (χ3n) is 2.05. The SMILES string of the molecule is CCCNC(=O)CCNCc1ccncn1. The van der Waals surface area contributed by atoms with Gasteiger partial charge in [-0.1, -0.05) is 6.92 Å². The van der Waals surface area contributed by atoms with E-state index in [4.69, 9.17) is 0 Å². The average molecular weight is 222 g/mol. The molecule has 0 saturated carbocycles. The summed E-state index contributed by atoms with van der Waals surface area (Å²) >= 11 is 0. The van der Waals surface area contributed by atoms with Crippen molar-refractivity contribution in [2.75, 3.05) is 13.1 Å². The molecule has 1 rings (SSSR count). The number of hydrogen-bond acceptors (Lipinski definition) is 4. The van der Waals surface area contributed by atoms with Crippen molar-refractivity contribution in [1.29, 1.82) is 0 Å². The minimum absolute atomic E-state index is 0.0945. The quantitative estimate of drug-likeness (QED) is 0.659. The number of amides is 1. The topological polar surface area (TPSA) is 66.9 Å². The number of hydrogen-bond donors (Lipinski definition) is 2. The molecule has 1 heterocycles. The van der Waals surface area contributed by atoms with Crippen molar-refractivity contribution in [1.82, 2.24) is 20.6 Å². The van der Waals surface area contributed by atoms with Gasteiger partial charge in [-0.25, -0.2) is 9.97 Å². The van der Waals surface area contributed by atoms with E-state index in [1.165, 1.54) is 6.33 Å². The van der Waals surface area contributed by atoms with Crippen LogP contribution in [0.2, 0.25) is 0 Å². The molecule has 0 atom stereocenters. The van der Waals surface area contributed by atoms with Crippen molar-refractivity contribution < 1.29 is 4.79 Å². The Morgan fingerprint density at radius 1 is 1.44 bits per heavy atom. The fourth-order valence-electron chi connectivity index (χ4n) is 1.19. The normalized spacial score (nSPS) is 10.1. The van der Waals surface area contributed by atoms with E-state index < -0.39 is 0 Å². The Bertz CT molecular complexity index is 302. The fraction of sp³-hybridized carbons (Fsp3) is 0.545. The molecule has 0 bridgehead atoms. The molecule has 1 amide bonds. The Balaban J connectivity index is 2.06. The van der Waals surface area contributed by atoms with Crippen LogP contribution in [0, 0.1) is 0 Å². The van der Waals surface area contributed by atoms with Gasteiger partial charge in [0.25, 0.3) is 0 Å². The highest BCUT2D eigenvalue weighted by Gasteiger charge is 1.99. The van der Waals surface area contributed by atoms with E-state index in [2.05, 4.69) is 20.6 Å². The monoisotopic (exact) mass is 222 g/mol. The van der Waals surface area contributed by atoms with Crippen LogP contribution in [0.15, 0.2) is 18.6 Å². The summed E-state index contributed by atoms with van der Waals surface area (Å²) in [4.78, 5) is 19.1. The van der Waals surface area contributed by atoms with Gasteiger partial charge in [0, 0.05) is 32.3 Å². The van der Waals surface area contributed by atoms with Crippen LogP contribution in [0.25, 0.3) is 0 Å². The van der Waals surface area contributed by atoms with E-state index in [0.29, 0.717) is 19.5 Å². The van der Waals surface area contributed by atoms with Crippen molar-refractivity contribution in [3.63, 3.8) is 0 Å². The number of nitrogens with zero attached hydrogens (tertiary/aromatic N) is 2. The summed E-state index contributed by atoms with van der Waals surface area (Å²) in [6, 6.07) is 1.85. The van der Waals surface area contributed by atoms with E-state index in [1.54, 1.807) is 6.20 Å². The van der Waals surface area contributed by atoms with Crippen LogP contribution in [-0.4, -0.2) is 29.0 Å². The first-order valence-corrected chi connectivity index (χ1v) is 5.55. The van der Waals surface area contributed by atoms with Crippen LogP contribution in [0.5, 0.6) is 0 Å². The van der Waals surface area contributed by atoms with E-state index in [9.17, 15) is 4.79 Å². The van der Waals surface area contributed by atoms with Crippen molar-refractivity contribution in [3.8, 4) is 0 Å². The number of carbonyl (C=O) groups excluding carboxylic acids is 1. The minimum atomic E-state index is 0.0945. The predicted octanol–water partition coefficient (Wildman–Crippen LogP) is 0.482. The molecule has 0 aliphatic heterocycles. The van der Waals surface area contributed by atoms with Crippen LogP contribution in [-0.2, 0) is 11.3 Å². The van der Waals surface area contributed by atoms with E-state index in [0.717, 1.165) is 18.7 Å². The summed E-state index contributed by atoms with van der Waals surface area (Å²) in [6.07, 6.45) is 4.70. The highest BCUT2D eigenvalue weighted by atomic mass is 16.1. The molecule has 88 valence electrons. The second-order valence-electron chi connectivity index (χ2n) is 3.48. The van der Waals surface area contributed by atoms with Gasteiger partial charge in [0.2, 0.25) is 5.91 Å². The highest BCUT2D eigenvalue weighted by molar-refractivity contribution is 5.75. The maximum Gasteiger partial charge on any atom is 0.221 e. The van der Waals surface area contributed by atoms with Gasteiger partial charge in [0.15, 0.2) is 0 Å². The lowest BCUT2D eigenvalue weighted by atomic mass is 10.3. The van der Waals surface area contributed by atoms with Crippen LogP contribution in [0.1, 0.15) is 25.5 Å². The van der Waals surface area contributed by atoms with E-state index in [-0.39, 0.29) is 5.91 Å². The summed E-state index contributed by atoms with van der Waals surface area (Å²) in [6.45, 7) is 4.13. The molecule has 0 aliphatic rings. The van der Waals surface area contributed by atoms with Gasteiger partial charge in [-0.3, -0.25) is 4.79 Å². The average Bonchev–Trinajstić information content (AvgIpc) is 2.33. The maximum atomic E-state index is 11.2. The first-order chi connectivity index (χ1) is 7.83. The zero-order valence-electron chi connectivity index (χ0n) is 9.57. The molecule has 0 spiro atoms. The van der Waals surface area contributed by atoms with Gasteiger partial charge in [0.1, 0.15) is 6.33 Å². The number of carbonyl (C=O) groups is 1. The zero-order valence-corrected chi connectivity index (χ0v) is 9.57. The Hall–Kier alpha value is -1.49. The van der Waals surface area contributed by atoms with E-state index in [1.807, 2.05) is 13.0 Å². The lowest BCUT2D eigenvalue weighted by molar-refractivity contribution is -0.120. The predicted molar refractivity (Wildman–Crippen MR) is 61.7 cm³/mol. The molecule has 16 heavy (non-hydrogen) atoms. The van der Waals surface area contributed by atoms with Gasteiger partial charge in [-0.2, -0.15) is 0 Å². The molecule has 1 aromatic heterocycles. The second-order valence-corrected chi connectivity index (χ2v) is 3.48. The molecule has 1 aromatic rings. The molecule has 0 saturated heterocycles. The van der Waals surface area contributed by atoms with Gasteiger partial charge in [0.05, 0.1) is 5.69 Å². The van der Waals surface area contributed by atoms with Crippen LogP contribution in [0.3, 0.4) is 0 Å². The van der Waals surface area contributed by atoms with Crippen molar-refractivity contribution in [3.05, 3.63) is 24.3 Å². The molecular formula is C11H18N4O. The van der Waals surface area contributed by atoms with Crippen LogP contribution < -0.4 is 10.6 Å². The molecule has 0 radical (unpaired) electrons. The molecule has 5 nitrogen and oxygen atoms in total. The third kappa shape index (κ3) is 5.41. The largest absolute Gasteiger partial charge is 0.356 e. The first kappa shape index (κ1) is 12.6. The molecule has 0 unspecified atom stereocenters. The summed E-state index contributed by atoms with van der Waals surface area (Å²) in [5.74, 6) is 0.0945. The fourth-order valence-corrected chi connectivity index (χ4v) is 1.19. The molecular weight excluding hydrogens is 204 g/mol. The van der Waals surface area contributed by atoms with Gasteiger partial charge in [-0.05, 0) is 12.5 Å². The number of rotatable bonds is 7. The smallest absolute Gasteiger partial charge is 0.221 e. The Morgan fingerprint density at radius 3 is 3.00 bits per heavy atom. The van der Waals surface area contributed by atoms with Crippen LogP contribution >= 0.6 is 0 Å². The van der Waals surface area contributed by atoms with Crippen molar-refractivity contribution in [2.45, 2.75) is 26.3 Å². The summed E-state index contributed by atoms with van der Waals surface area (Å²) in [5, 5.41) is 5.98. The summed E-state index contributed by atoms with van der Waals surface area (Å²) in [5.41, 5.74) is 0.934. The highest BCUT2D eigenvalue weighted by Crippen LogP contribution is 1.89. The lowest BCUT2D eigenvalue weighted by Crippen LogP contribution is -2.28. The molecule has 0 aliphatic carbocycles. The minimum Gasteiger partial charge on any atom is -0.356 e. The molecule has 0 aromatic carbocycles. The van der Waals surface area contributed by atoms with E-state index >= 15 is 0 Å². The summed E-state index contributed by atoms with van der Waals surface area (Å²) in [7, 11) is 0. The molecule has 2 N–H and O–H groups in total. The standard InChI is InChI=1S/C11H18N4O/c1-2-5-14-11(16)4-7-12-8-10-3-6-13-9-15-10/h3,6,9,12H,2,4-5,7-8H2,1H3,(H,14,16).